The van der Waals surface area contributed by atoms with Gasteiger partial charge >= 0.3 is 11.9 Å². The highest BCUT2D eigenvalue weighted by molar-refractivity contribution is 5.96. The van der Waals surface area contributed by atoms with E-state index < -0.39 is 11.9 Å². The van der Waals surface area contributed by atoms with Crippen molar-refractivity contribution in [1.82, 2.24) is 0 Å². The van der Waals surface area contributed by atoms with Crippen LogP contribution < -0.4 is 0 Å². The van der Waals surface area contributed by atoms with E-state index in [9.17, 15) is 14.9 Å². The summed E-state index contributed by atoms with van der Waals surface area (Å²) in [4.78, 5) is 25.6. The molecule has 1 aromatic carbocycles. The summed E-state index contributed by atoms with van der Waals surface area (Å²) in [5.74, 6) is 0.602. The maximum Gasteiger partial charge on any atom is 0.339 e. The number of hydrogen-bond donors (Lipinski definition) is 0. The Hall–Kier alpha value is -2.35. The van der Waals surface area contributed by atoms with Crippen molar-refractivity contribution in [3.8, 4) is 6.07 Å². The first kappa shape index (κ1) is 28.2. The molecule has 0 saturated heterocycles. The fourth-order valence-electron chi connectivity index (χ4n) is 5.82. The Morgan fingerprint density at radius 2 is 1.28 bits per heavy atom. The largest absolute Gasteiger partial charge is 0.459 e. The first-order chi connectivity index (χ1) is 17.5. The Bertz CT molecular complexity index is 873. The summed E-state index contributed by atoms with van der Waals surface area (Å²) in [6.07, 6.45) is 18.0. The molecule has 0 unspecified atom stereocenters. The van der Waals surface area contributed by atoms with Crippen LogP contribution in [-0.2, 0) is 9.47 Å². The summed E-state index contributed by atoms with van der Waals surface area (Å²) in [7, 11) is 0. The van der Waals surface area contributed by atoms with E-state index >= 15 is 0 Å². The van der Waals surface area contributed by atoms with Crippen molar-refractivity contribution in [2.24, 2.45) is 11.8 Å². The molecule has 2 saturated carbocycles. The smallest absolute Gasteiger partial charge is 0.339 e. The van der Waals surface area contributed by atoms with Gasteiger partial charge in [-0.2, -0.15) is 5.26 Å². The zero-order valence-electron chi connectivity index (χ0n) is 22.4. The molecule has 0 bridgehead atoms. The van der Waals surface area contributed by atoms with E-state index in [0.29, 0.717) is 5.56 Å². The van der Waals surface area contributed by atoms with Crippen molar-refractivity contribution in [3.63, 3.8) is 0 Å². The SMILES string of the molecule is CCCCCC1CCC(OC(=O)c2ccc(C(=O)OC3CCC(CCCCC)CC3)c(C#N)c2)CC1. The van der Waals surface area contributed by atoms with E-state index in [1.54, 1.807) is 12.1 Å². The summed E-state index contributed by atoms with van der Waals surface area (Å²) in [6, 6.07) is 6.67. The molecule has 2 fully saturated rings. The lowest BCUT2D eigenvalue weighted by molar-refractivity contribution is 0.0147. The fraction of sp³-hybridized carbons (Fsp3) is 0.710. The predicted molar refractivity (Wildman–Crippen MR) is 142 cm³/mol. The van der Waals surface area contributed by atoms with Gasteiger partial charge in [0.2, 0.25) is 0 Å². The van der Waals surface area contributed by atoms with Crippen LogP contribution in [0.2, 0.25) is 0 Å². The topological polar surface area (TPSA) is 76.4 Å². The maximum absolute atomic E-state index is 12.8. The molecule has 0 aromatic heterocycles. The van der Waals surface area contributed by atoms with Crippen LogP contribution in [-0.4, -0.2) is 24.1 Å². The molecule has 198 valence electrons. The zero-order chi connectivity index (χ0) is 25.8. The molecule has 0 N–H and O–H groups in total. The molecule has 3 rings (SSSR count). The minimum Gasteiger partial charge on any atom is -0.459 e. The van der Waals surface area contributed by atoms with Crippen molar-refractivity contribution < 1.29 is 19.1 Å². The van der Waals surface area contributed by atoms with Crippen molar-refractivity contribution in [3.05, 3.63) is 34.9 Å². The molecule has 5 heteroatoms. The van der Waals surface area contributed by atoms with Crippen molar-refractivity contribution in [1.29, 1.82) is 5.26 Å². The molecule has 0 spiro atoms. The van der Waals surface area contributed by atoms with E-state index in [1.165, 1.54) is 57.4 Å². The van der Waals surface area contributed by atoms with Crippen LogP contribution >= 0.6 is 0 Å². The zero-order valence-corrected chi connectivity index (χ0v) is 22.4. The van der Waals surface area contributed by atoms with Crippen LogP contribution in [0.5, 0.6) is 0 Å². The third kappa shape index (κ3) is 8.64. The minimum absolute atomic E-state index is 0.0628. The normalized spacial score (nSPS) is 24.0. The number of nitriles is 1. The van der Waals surface area contributed by atoms with Crippen LogP contribution in [0, 0.1) is 23.2 Å². The lowest BCUT2D eigenvalue weighted by Crippen LogP contribution is -2.25. The van der Waals surface area contributed by atoms with Gasteiger partial charge in [-0.15, -0.1) is 0 Å². The first-order valence-electron chi connectivity index (χ1n) is 14.5. The highest BCUT2D eigenvalue weighted by atomic mass is 16.5. The molecule has 36 heavy (non-hydrogen) atoms. The third-order valence-corrected chi connectivity index (χ3v) is 8.16. The van der Waals surface area contributed by atoms with Crippen LogP contribution in [0.15, 0.2) is 18.2 Å². The summed E-state index contributed by atoms with van der Waals surface area (Å²) < 4.78 is 11.5. The van der Waals surface area contributed by atoms with Crippen molar-refractivity contribution >= 4 is 11.9 Å². The van der Waals surface area contributed by atoms with Gasteiger partial charge in [-0.3, -0.25) is 0 Å². The molecule has 0 radical (unpaired) electrons. The van der Waals surface area contributed by atoms with E-state index in [-0.39, 0.29) is 23.3 Å². The second kappa shape index (κ2) is 15.0. The van der Waals surface area contributed by atoms with Crippen molar-refractivity contribution in [2.45, 2.75) is 129 Å². The number of carbonyl (C=O) groups excluding carboxylic acids is 2. The number of unbranched alkanes of at least 4 members (excludes halogenated alkanes) is 4. The Labute approximate surface area is 217 Å². The fourth-order valence-corrected chi connectivity index (χ4v) is 5.82. The minimum atomic E-state index is -0.470. The van der Waals surface area contributed by atoms with Crippen molar-refractivity contribution in [2.75, 3.05) is 0 Å². The second-order valence-corrected chi connectivity index (χ2v) is 11.0. The van der Waals surface area contributed by atoms with Crippen LogP contribution in [0.3, 0.4) is 0 Å². The monoisotopic (exact) mass is 495 g/mol. The van der Waals surface area contributed by atoms with Crippen LogP contribution in [0.1, 0.15) is 143 Å². The standard InChI is InChI=1S/C31H45NO4/c1-3-5-7-9-23-11-16-27(17-12-23)35-30(33)25-15-20-29(26(21-25)22-32)31(34)36-28-18-13-24(14-19-28)10-8-6-4-2/h15,20-21,23-24,27-28H,3-14,16-19H2,1-2H3. The summed E-state index contributed by atoms with van der Waals surface area (Å²) in [6.45, 7) is 4.45. The van der Waals surface area contributed by atoms with Crippen LogP contribution in [0.4, 0.5) is 0 Å². The number of rotatable bonds is 12. The maximum atomic E-state index is 12.8. The highest BCUT2D eigenvalue weighted by Crippen LogP contribution is 2.32. The van der Waals surface area contributed by atoms with Crippen LogP contribution in [0.25, 0.3) is 0 Å². The number of carbonyl (C=O) groups is 2. The Morgan fingerprint density at radius 1 is 0.778 bits per heavy atom. The van der Waals surface area contributed by atoms with Gasteiger partial charge in [0.05, 0.1) is 16.7 Å². The Morgan fingerprint density at radius 3 is 1.75 bits per heavy atom. The van der Waals surface area contributed by atoms with E-state index in [4.69, 9.17) is 9.47 Å². The molecule has 0 aliphatic heterocycles. The molecule has 0 heterocycles. The van der Waals surface area contributed by atoms with Gasteiger partial charge in [-0.1, -0.05) is 65.2 Å². The predicted octanol–water partition coefficient (Wildman–Crippen LogP) is 8.15. The second-order valence-electron chi connectivity index (χ2n) is 11.0. The Balaban J connectivity index is 1.47. The molecule has 1 aromatic rings. The van der Waals surface area contributed by atoms with Gasteiger partial charge in [-0.25, -0.2) is 9.59 Å². The number of benzene rings is 1. The summed E-state index contributed by atoms with van der Waals surface area (Å²) >= 11 is 0. The van der Waals surface area contributed by atoms with Gasteiger partial charge in [0.15, 0.2) is 0 Å². The van der Waals surface area contributed by atoms with E-state index in [2.05, 4.69) is 19.9 Å². The number of nitrogens with zero attached hydrogens (tertiary/aromatic N) is 1. The summed E-state index contributed by atoms with van der Waals surface area (Å²) in [5, 5.41) is 9.65. The molecule has 2 aliphatic carbocycles. The average molecular weight is 496 g/mol. The lowest BCUT2D eigenvalue weighted by atomic mass is 9.84. The molecular weight excluding hydrogens is 450 g/mol. The quantitative estimate of drug-likeness (QED) is 0.216. The average Bonchev–Trinajstić information content (AvgIpc) is 2.90. The van der Waals surface area contributed by atoms with E-state index in [1.807, 2.05) is 0 Å². The van der Waals surface area contributed by atoms with Gasteiger partial charge in [0, 0.05) is 0 Å². The first-order valence-corrected chi connectivity index (χ1v) is 14.5. The van der Waals surface area contributed by atoms with Gasteiger partial charge in [0.25, 0.3) is 0 Å². The molecular formula is C31H45NO4. The lowest BCUT2D eigenvalue weighted by Gasteiger charge is -2.28. The molecule has 0 atom stereocenters. The number of ether oxygens (including phenoxy) is 2. The molecule has 0 amide bonds. The summed E-state index contributed by atoms with van der Waals surface area (Å²) in [5.41, 5.74) is 0.717. The Kier molecular flexibility index (Phi) is 11.8. The highest BCUT2D eigenvalue weighted by Gasteiger charge is 2.27. The molecule has 2 aliphatic rings. The third-order valence-electron chi connectivity index (χ3n) is 8.16. The molecule has 5 nitrogen and oxygen atoms in total. The number of esters is 2. The number of hydrogen-bond acceptors (Lipinski definition) is 5. The van der Waals surface area contributed by atoms with Gasteiger partial charge < -0.3 is 9.47 Å². The van der Waals surface area contributed by atoms with Gasteiger partial charge in [0.1, 0.15) is 18.3 Å². The van der Waals surface area contributed by atoms with E-state index in [0.717, 1.165) is 63.2 Å². The van der Waals surface area contributed by atoms with Gasteiger partial charge in [-0.05, 0) is 81.4 Å².